The first-order valence-corrected chi connectivity index (χ1v) is 5.53. The summed E-state index contributed by atoms with van der Waals surface area (Å²) in [6, 6.07) is 3.96. The van der Waals surface area contributed by atoms with Gasteiger partial charge in [-0.2, -0.15) is 13.2 Å². The van der Waals surface area contributed by atoms with Gasteiger partial charge in [0.1, 0.15) is 0 Å². The number of alkyl halides is 5. The van der Waals surface area contributed by atoms with Gasteiger partial charge in [0, 0.05) is 18.7 Å². The van der Waals surface area contributed by atoms with E-state index < -0.39 is 30.0 Å². The van der Waals surface area contributed by atoms with Crippen LogP contribution in [0.5, 0.6) is 0 Å². The van der Waals surface area contributed by atoms with Crippen molar-refractivity contribution < 1.29 is 26.7 Å². The van der Waals surface area contributed by atoms with E-state index in [-0.39, 0.29) is 18.7 Å². The van der Waals surface area contributed by atoms with Crippen LogP contribution in [0.2, 0.25) is 0 Å². The summed E-state index contributed by atoms with van der Waals surface area (Å²) in [4.78, 5) is 12.9. The van der Waals surface area contributed by atoms with Crippen LogP contribution in [0, 0.1) is 5.92 Å². The van der Waals surface area contributed by atoms with Gasteiger partial charge in [-0.05, 0) is 18.2 Å². The molecule has 0 atom stereocenters. The number of carbonyl (C=O) groups excluding carboxylic acids is 1. The molecule has 1 saturated heterocycles. The minimum atomic E-state index is -4.53. The van der Waals surface area contributed by atoms with Crippen LogP contribution in [0.15, 0.2) is 24.3 Å². The summed E-state index contributed by atoms with van der Waals surface area (Å²) < 4.78 is 61.9. The number of nitrogens with zero attached hydrogens (tertiary/aromatic N) is 1. The van der Waals surface area contributed by atoms with E-state index in [4.69, 9.17) is 0 Å². The first kappa shape index (κ1) is 13.8. The molecule has 2 rings (SSSR count). The lowest BCUT2D eigenvalue weighted by molar-refractivity contribution is -0.137. The number of halogens is 5. The minimum Gasteiger partial charge on any atom is -0.338 e. The highest BCUT2D eigenvalue weighted by Gasteiger charge is 2.37. The Morgan fingerprint density at radius 1 is 1.26 bits per heavy atom. The second-order valence-electron chi connectivity index (χ2n) is 4.38. The van der Waals surface area contributed by atoms with Gasteiger partial charge in [-0.25, -0.2) is 8.78 Å². The third-order valence-electron chi connectivity index (χ3n) is 2.99. The Balaban J connectivity index is 2.09. The Bertz CT molecular complexity index is 479. The molecule has 1 aliphatic rings. The normalized spacial score (nSPS) is 16.6. The van der Waals surface area contributed by atoms with Crippen molar-refractivity contribution in [3.63, 3.8) is 0 Å². The summed E-state index contributed by atoms with van der Waals surface area (Å²) in [5.74, 6) is -1.53. The van der Waals surface area contributed by atoms with Gasteiger partial charge in [0.25, 0.3) is 5.91 Å². The zero-order valence-electron chi connectivity index (χ0n) is 9.62. The number of rotatable bonds is 2. The fraction of sp³-hybridized carbons (Fsp3) is 0.417. The molecule has 0 N–H and O–H groups in total. The molecule has 1 heterocycles. The molecule has 0 saturated carbocycles. The minimum absolute atomic E-state index is 0.118. The van der Waals surface area contributed by atoms with Crippen LogP contribution in [-0.2, 0) is 6.18 Å². The molecule has 0 spiro atoms. The van der Waals surface area contributed by atoms with Gasteiger partial charge in [-0.1, -0.05) is 6.07 Å². The quantitative estimate of drug-likeness (QED) is 0.762. The van der Waals surface area contributed by atoms with E-state index in [1.165, 1.54) is 6.07 Å². The average Bonchev–Trinajstić information content (AvgIpc) is 2.25. The fourth-order valence-electron chi connectivity index (χ4n) is 1.85. The Hall–Kier alpha value is -1.66. The fourth-order valence-corrected chi connectivity index (χ4v) is 1.85. The van der Waals surface area contributed by atoms with Crippen LogP contribution >= 0.6 is 0 Å². The number of amides is 1. The maximum absolute atomic E-state index is 12.5. The predicted molar refractivity (Wildman–Crippen MR) is 56.8 cm³/mol. The van der Waals surface area contributed by atoms with Crippen LogP contribution in [-0.4, -0.2) is 30.3 Å². The van der Waals surface area contributed by atoms with Crippen molar-refractivity contribution >= 4 is 5.91 Å². The molecule has 104 valence electrons. The SMILES string of the molecule is O=C(c1cccc(C(F)(F)F)c1)N1CC(C(F)F)C1. The van der Waals surface area contributed by atoms with E-state index in [2.05, 4.69) is 0 Å². The second kappa shape index (κ2) is 4.79. The molecule has 2 nitrogen and oxygen atoms in total. The molecular weight excluding hydrogens is 269 g/mol. The first-order chi connectivity index (χ1) is 8.79. The van der Waals surface area contributed by atoms with Crippen LogP contribution in [0.4, 0.5) is 22.0 Å². The molecule has 1 aromatic carbocycles. The van der Waals surface area contributed by atoms with Crippen LogP contribution < -0.4 is 0 Å². The summed E-state index contributed by atoms with van der Waals surface area (Å²) in [7, 11) is 0. The van der Waals surface area contributed by atoms with Crippen molar-refractivity contribution in [2.24, 2.45) is 5.92 Å². The maximum atomic E-state index is 12.5. The van der Waals surface area contributed by atoms with Gasteiger partial charge in [-0.15, -0.1) is 0 Å². The highest BCUT2D eigenvalue weighted by atomic mass is 19.4. The first-order valence-electron chi connectivity index (χ1n) is 5.53. The molecule has 0 unspecified atom stereocenters. The van der Waals surface area contributed by atoms with Crippen molar-refractivity contribution in [1.29, 1.82) is 0 Å². The molecule has 7 heteroatoms. The number of carbonyl (C=O) groups is 1. The molecule has 19 heavy (non-hydrogen) atoms. The van der Waals surface area contributed by atoms with Gasteiger partial charge >= 0.3 is 6.18 Å². The molecule has 0 aromatic heterocycles. The van der Waals surface area contributed by atoms with E-state index in [0.29, 0.717) is 0 Å². The lowest BCUT2D eigenvalue weighted by atomic mass is 9.99. The van der Waals surface area contributed by atoms with Gasteiger partial charge in [0.05, 0.1) is 11.5 Å². The molecule has 1 fully saturated rings. The topological polar surface area (TPSA) is 20.3 Å². The molecule has 0 bridgehead atoms. The van der Waals surface area contributed by atoms with Crippen LogP contribution in [0.1, 0.15) is 15.9 Å². The maximum Gasteiger partial charge on any atom is 0.416 e. The van der Waals surface area contributed by atoms with Crippen molar-refractivity contribution in [2.45, 2.75) is 12.6 Å². The van der Waals surface area contributed by atoms with E-state index >= 15 is 0 Å². The molecule has 1 aliphatic heterocycles. The van der Waals surface area contributed by atoms with Gasteiger partial charge in [-0.3, -0.25) is 4.79 Å². The van der Waals surface area contributed by atoms with Gasteiger partial charge < -0.3 is 4.90 Å². The number of hydrogen-bond acceptors (Lipinski definition) is 1. The molecule has 0 radical (unpaired) electrons. The standard InChI is InChI=1S/C12H10F5NO/c13-10(14)8-5-18(6-8)11(19)7-2-1-3-9(4-7)12(15,16)17/h1-4,8,10H,5-6H2. The van der Waals surface area contributed by atoms with Crippen molar-refractivity contribution in [3.8, 4) is 0 Å². The summed E-state index contributed by atoms with van der Waals surface area (Å²) >= 11 is 0. The lowest BCUT2D eigenvalue weighted by Crippen LogP contribution is -2.52. The van der Waals surface area contributed by atoms with Crippen molar-refractivity contribution in [2.75, 3.05) is 13.1 Å². The molecule has 0 aliphatic carbocycles. The Morgan fingerprint density at radius 2 is 1.89 bits per heavy atom. The lowest BCUT2D eigenvalue weighted by Gasteiger charge is -2.38. The molecule has 1 amide bonds. The monoisotopic (exact) mass is 279 g/mol. The van der Waals surface area contributed by atoms with Crippen LogP contribution in [0.25, 0.3) is 0 Å². The van der Waals surface area contributed by atoms with E-state index in [0.717, 1.165) is 23.1 Å². The molecule has 1 aromatic rings. The summed E-state index contributed by atoms with van der Waals surface area (Å²) in [5.41, 5.74) is -1.06. The third-order valence-corrected chi connectivity index (χ3v) is 2.99. The van der Waals surface area contributed by atoms with Crippen LogP contribution in [0.3, 0.4) is 0 Å². The number of benzene rings is 1. The highest BCUT2D eigenvalue weighted by molar-refractivity contribution is 5.94. The highest BCUT2D eigenvalue weighted by Crippen LogP contribution is 2.30. The summed E-state index contributed by atoms with van der Waals surface area (Å²) in [5, 5.41) is 0. The van der Waals surface area contributed by atoms with E-state index in [9.17, 15) is 26.7 Å². The number of hydrogen-bond donors (Lipinski definition) is 0. The Labute approximate surface area is 105 Å². The largest absolute Gasteiger partial charge is 0.416 e. The van der Waals surface area contributed by atoms with Gasteiger partial charge in [0.2, 0.25) is 6.43 Å². The zero-order chi connectivity index (χ0) is 14.2. The predicted octanol–water partition coefficient (Wildman–Crippen LogP) is 3.04. The summed E-state index contributed by atoms with van der Waals surface area (Å²) in [6.07, 6.45) is -7.04. The zero-order valence-corrected chi connectivity index (χ0v) is 9.62. The Kier molecular flexibility index (Phi) is 3.47. The van der Waals surface area contributed by atoms with Gasteiger partial charge in [0.15, 0.2) is 0 Å². The van der Waals surface area contributed by atoms with Crippen molar-refractivity contribution in [1.82, 2.24) is 4.90 Å². The van der Waals surface area contributed by atoms with E-state index in [1.807, 2.05) is 0 Å². The van der Waals surface area contributed by atoms with E-state index in [1.54, 1.807) is 0 Å². The molecular formula is C12H10F5NO. The average molecular weight is 279 g/mol. The Morgan fingerprint density at radius 3 is 2.42 bits per heavy atom. The second-order valence-corrected chi connectivity index (χ2v) is 4.38. The van der Waals surface area contributed by atoms with Crippen molar-refractivity contribution in [3.05, 3.63) is 35.4 Å². The number of likely N-dealkylation sites (tertiary alicyclic amines) is 1. The smallest absolute Gasteiger partial charge is 0.338 e. The summed E-state index contributed by atoms with van der Waals surface area (Å²) in [6.45, 7) is -0.237. The third kappa shape index (κ3) is 2.85.